The molecular formula is C22H18N4O2S. The van der Waals surface area contributed by atoms with Crippen molar-refractivity contribution >= 4 is 40.1 Å². The van der Waals surface area contributed by atoms with Gasteiger partial charge in [-0.05, 0) is 48.5 Å². The summed E-state index contributed by atoms with van der Waals surface area (Å²) < 4.78 is 0. The molecule has 2 heterocycles. The lowest BCUT2D eigenvalue weighted by Gasteiger charge is -2.22. The van der Waals surface area contributed by atoms with E-state index in [1.165, 1.54) is 0 Å². The number of amides is 2. The van der Waals surface area contributed by atoms with Crippen LogP contribution < -0.4 is 10.2 Å². The van der Waals surface area contributed by atoms with Crippen LogP contribution in [0, 0.1) is 0 Å². The van der Waals surface area contributed by atoms with Gasteiger partial charge >= 0.3 is 0 Å². The number of nitrogens with one attached hydrogen (secondary N) is 1. The molecule has 1 aliphatic heterocycles. The lowest BCUT2D eigenvalue weighted by molar-refractivity contribution is 0.100. The summed E-state index contributed by atoms with van der Waals surface area (Å²) in [5, 5.41) is 3.49. The van der Waals surface area contributed by atoms with Crippen molar-refractivity contribution in [3.05, 3.63) is 90.3 Å². The summed E-state index contributed by atoms with van der Waals surface area (Å²) in [5.41, 5.74) is 2.22. The highest BCUT2D eigenvalue weighted by Gasteiger charge is 2.25. The summed E-state index contributed by atoms with van der Waals surface area (Å²) in [5.74, 6) is 0.406. The topological polar surface area (TPSA) is 74.7 Å². The molecule has 3 aromatic rings. The van der Waals surface area contributed by atoms with Crippen molar-refractivity contribution in [2.45, 2.75) is 0 Å². The van der Waals surface area contributed by atoms with E-state index >= 15 is 0 Å². The van der Waals surface area contributed by atoms with E-state index in [2.05, 4.69) is 15.3 Å². The molecule has 0 aliphatic carbocycles. The van der Waals surface area contributed by atoms with Crippen LogP contribution in [0.15, 0.2) is 84.0 Å². The van der Waals surface area contributed by atoms with Crippen molar-refractivity contribution in [3.63, 3.8) is 0 Å². The van der Waals surface area contributed by atoms with E-state index in [9.17, 15) is 9.59 Å². The fraction of sp³-hybridized carbons (Fsp3) is 0.0909. The highest BCUT2D eigenvalue weighted by atomic mass is 32.2. The fourth-order valence-corrected chi connectivity index (χ4v) is 3.73. The Kier molecular flexibility index (Phi) is 5.67. The summed E-state index contributed by atoms with van der Waals surface area (Å²) >= 11 is 1.57. The highest BCUT2D eigenvalue weighted by molar-refractivity contribution is 8.14. The van der Waals surface area contributed by atoms with E-state index in [1.807, 2.05) is 30.3 Å². The smallest absolute Gasteiger partial charge is 0.274 e. The zero-order valence-corrected chi connectivity index (χ0v) is 16.3. The predicted molar refractivity (Wildman–Crippen MR) is 117 cm³/mol. The first-order valence-corrected chi connectivity index (χ1v) is 10.1. The van der Waals surface area contributed by atoms with Crippen molar-refractivity contribution in [2.75, 3.05) is 22.5 Å². The monoisotopic (exact) mass is 402 g/mol. The molecule has 1 aromatic heterocycles. The largest absolute Gasteiger partial charge is 0.321 e. The van der Waals surface area contributed by atoms with Gasteiger partial charge in [-0.2, -0.15) is 0 Å². The molecule has 0 unspecified atom stereocenters. The molecule has 0 atom stereocenters. The maximum Gasteiger partial charge on any atom is 0.274 e. The molecule has 0 radical (unpaired) electrons. The molecule has 144 valence electrons. The standard InChI is InChI=1S/C22H18N4O2S/c27-20(19-8-4-5-13-23-19)25-17-11-9-16(10-12-17)21(28)26(22-24-14-15-29-22)18-6-2-1-3-7-18/h1-13H,14-15H2,(H,25,27). The average Bonchev–Trinajstić information content (AvgIpc) is 3.30. The number of pyridine rings is 1. The molecule has 2 aromatic carbocycles. The minimum Gasteiger partial charge on any atom is -0.321 e. The minimum absolute atomic E-state index is 0.160. The normalized spacial score (nSPS) is 12.9. The minimum atomic E-state index is -0.299. The molecule has 0 bridgehead atoms. The van der Waals surface area contributed by atoms with Gasteiger partial charge in [-0.3, -0.25) is 24.5 Å². The second kappa shape index (κ2) is 8.70. The average molecular weight is 402 g/mol. The fourth-order valence-electron chi connectivity index (χ4n) is 2.87. The van der Waals surface area contributed by atoms with Gasteiger partial charge in [0.05, 0.1) is 12.2 Å². The number of aliphatic imine (C=N–C) groups is 1. The van der Waals surface area contributed by atoms with Gasteiger partial charge in [0, 0.05) is 23.2 Å². The molecule has 7 heteroatoms. The van der Waals surface area contributed by atoms with Crippen molar-refractivity contribution in [1.82, 2.24) is 4.98 Å². The van der Waals surface area contributed by atoms with Crippen LogP contribution in [0.2, 0.25) is 0 Å². The molecule has 0 fully saturated rings. The molecule has 0 saturated heterocycles. The van der Waals surface area contributed by atoms with Gasteiger partial charge in [-0.1, -0.05) is 36.0 Å². The number of amidine groups is 1. The predicted octanol–water partition coefficient (Wildman–Crippen LogP) is 4.08. The van der Waals surface area contributed by atoms with E-state index in [4.69, 9.17) is 0 Å². The lowest BCUT2D eigenvalue weighted by atomic mass is 10.1. The Bertz CT molecular complexity index is 1040. The summed E-state index contributed by atoms with van der Waals surface area (Å²) in [4.78, 5) is 35.6. The van der Waals surface area contributed by atoms with Gasteiger partial charge in [0.1, 0.15) is 5.69 Å². The third kappa shape index (κ3) is 4.35. The molecule has 2 amide bonds. The number of para-hydroxylation sites is 1. The Hall–Kier alpha value is -3.45. The second-order valence-corrected chi connectivity index (χ2v) is 7.30. The van der Waals surface area contributed by atoms with Crippen LogP contribution in [0.1, 0.15) is 20.8 Å². The summed E-state index contributed by atoms with van der Waals surface area (Å²) in [6.45, 7) is 0.703. The van der Waals surface area contributed by atoms with E-state index in [1.54, 1.807) is 65.3 Å². The number of aromatic nitrogens is 1. The van der Waals surface area contributed by atoms with Gasteiger partial charge in [0.2, 0.25) is 0 Å². The number of rotatable bonds is 4. The summed E-state index contributed by atoms with van der Waals surface area (Å²) in [6.07, 6.45) is 1.57. The third-order valence-electron chi connectivity index (χ3n) is 4.27. The van der Waals surface area contributed by atoms with Crippen molar-refractivity contribution in [1.29, 1.82) is 0 Å². The number of thioether (sulfide) groups is 1. The summed E-state index contributed by atoms with van der Waals surface area (Å²) in [6, 6.07) is 21.5. The molecule has 6 nitrogen and oxygen atoms in total. The quantitative estimate of drug-likeness (QED) is 0.713. The highest BCUT2D eigenvalue weighted by Crippen LogP contribution is 2.25. The summed E-state index contributed by atoms with van der Waals surface area (Å²) in [7, 11) is 0. The first kappa shape index (κ1) is 18.9. The third-order valence-corrected chi connectivity index (χ3v) is 5.22. The van der Waals surface area contributed by atoms with Crippen LogP contribution in [0.3, 0.4) is 0 Å². The number of anilines is 2. The van der Waals surface area contributed by atoms with Crippen molar-refractivity contribution in [3.8, 4) is 0 Å². The molecule has 29 heavy (non-hydrogen) atoms. The Morgan fingerprint density at radius 1 is 0.931 bits per heavy atom. The molecule has 4 rings (SSSR count). The van der Waals surface area contributed by atoms with Crippen LogP contribution in [-0.2, 0) is 0 Å². The second-order valence-electron chi connectivity index (χ2n) is 6.24. The number of hydrogen-bond donors (Lipinski definition) is 1. The first-order chi connectivity index (χ1) is 14.2. The number of carbonyl (C=O) groups excluding carboxylic acids is 2. The Balaban J connectivity index is 1.54. The van der Waals surface area contributed by atoms with E-state index < -0.39 is 0 Å². The number of benzene rings is 2. The van der Waals surface area contributed by atoms with Crippen molar-refractivity contribution in [2.24, 2.45) is 4.99 Å². The van der Waals surface area contributed by atoms with E-state index in [0.29, 0.717) is 28.7 Å². The van der Waals surface area contributed by atoms with Gasteiger partial charge in [0.25, 0.3) is 11.8 Å². The van der Waals surface area contributed by atoms with E-state index in [-0.39, 0.29) is 11.8 Å². The van der Waals surface area contributed by atoms with Gasteiger partial charge in [-0.25, -0.2) is 0 Å². The maximum absolute atomic E-state index is 13.2. The zero-order valence-electron chi connectivity index (χ0n) is 15.5. The number of hydrogen-bond acceptors (Lipinski definition) is 5. The Morgan fingerprint density at radius 2 is 1.69 bits per heavy atom. The molecular weight excluding hydrogens is 384 g/mol. The SMILES string of the molecule is O=C(Nc1ccc(C(=O)N(C2=NCCS2)c2ccccc2)cc1)c1ccccn1. The molecule has 0 saturated carbocycles. The van der Waals surface area contributed by atoms with Gasteiger partial charge < -0.3 is 5.32 Å². The van der Waals surface area contributed by atoms with E-state index in [0.717, 1.165) is 11.4 Å². The number of nitrogens with zero attached hydrogens (tertiary/aromatic N) is 3. The Labute approximate surface area is 172 Å². The lowest BCUT2D eigenvalue weighted by Crippen LogP contribution is -2.34. The van der Waals surface area contributed by atoms with Gasteiger partial charge in [0.15, 0.2) is 5.17 Å². The first-order valence-electron chi connectivity index (χ1n) is 9.11. The molecule has 0 spiro atoms. The zero-order chi connectivity index (χ0) is 20.1. The number of carbonyl (C=O) groups is 2. The maximum atomic E-state index is 13.2. The van der Waals surface area contributed by atoms with Crippen LogP contribution in [0.25, 0.3) is 0 Å². The van der Waals surface area contributed by atoms with Crippen LogP contribution >= 0.6 is 11.8 Å². The molecule has 1 aliphatic rings. The van der Waals surface area contributed by atoms with Crippen molar-refractivity contribution < 1.29 is 9.59 Å². The van der Waals surface area contributed by atoms with Gasteiger partial charge in [-0.15, -0.1) is 0 Å². The molecule has 1 N–H and O–H groups in total. The van der Waals surface area contributed by atoms with Crippen LogP contribution in [-0.4, -0.2) is 34.3 Å². The van der Waals surface area contributed by atoms with Crippen LogP contribution in [0.4, 0.5) is 11.4 Å². The Morgan fingerprint density at radius 3 is 2.34 bits per heavy atom. The van der Waals surface area contributed by atoms with Crippen LogP contribution in [0.5, 0.6) is 0 Å².